The average molecular weight is 259 g/mol. The van der Waals surface area contributed by atoms with Crippen LogP contribution in [0, 0.1) is 12.8 Å². The second kappa shape index (κ2) is 6.02. The van der Waals surface area contributed by atoms with Gasteiger partial charge < -0.3 is 5.32 Å². The Morgan fingerprint density at radius 3 is 2.74 bits per heavy atom. The number of pyridine rings is 1. The third-order valence-corrected chi connectivity index (χ3v) is 4.66. The molecule has 2 saturated heterocycles. The van der Waals surface area contributed by atoms with Crippen LogP contribution in [-0.4, -0.2) is 35.6 Å². The van der Waals surface area contributed by atoms with E-state index < -0.39 is 0 Å². The largest absolute Gasteiger partial charge is 0.314 e. The first-order valence-electron chi connectivity index (χ1n) is 7.68. The standard InChI is InChI=1S/C16H25N3/c1-13-4-5-15(18-11-13)12-19-9-6-14(7-10-19)16-3-2-8-17-16/h4-5,11,14,16-17H,2-3,6-10,12H2,1H3. The van der Waals surface area contributed by atoms with E-state index in [0.717, 1.165) is 18.5 Å². The zero-order valence-electron chi connectivity index (χ0n) is 11.9. The molecule has 0 amide bonds. The molecule has 104 valence electrons. The monoisotopic (exact) mass is 259 g/mol. The second-order valence-corrected chi connectivity index (χ2v) is 6.14. The second-order valence-electron chi connectivity index (χ2n) is 6.14. The summed E-state index contributed by atoms with van der Waals surface area (Å²) >= 11 is 0. The smallest absolute Gasteiger partial charge is 0.0544 e. The van der Waals surface area contributed by atoms with Gasteiger partial charge in [-0.25, -0.2) is 0 Å². The Morgan fingerprint density at radius 2 is 2.11 bits per heavy atom. The molecule has 3 heteroatoms. The molecule has 1 aromatic heterocycles. The van der Waals surface area contributed by atoms with E-state index in [9.17, 15) is 0 Å². The highest BCUT2D eigenvalue weighted by atomic mass is 15.1. The third kappa shape index (κ3) is 3.34. The molecule has 0 bridgehead atoms. The van der Waals surface area contributed by atoms with Crippen molar-refractivity contribution in [1.82, 2.24) is 15.2 Å². The number of piperidine rings is 1. The van der Waals surface area contributed by atoms with E-state index in [1.165, 1.54) is 56.6 Å². The van der Waals surface area contributed by atoms with Crippen molar-refractivity contribution in [2.45, 2.75) is 45.2 Å². The molecule has 0 aromatic carbocycles. The van der Waals surface area contributed by atoms with Crippen LogP contribution in [0.4, 0.5) is 0 Å². The number of nitrogens with one attached hydrogen (secondary N) is 1. The van der Waals surface area contributed by atoms with Crippen molar-refractivity contribution >= 4 is 0 Å². The number of aryl methyl sites for hydroxylation is 1. The van der Waals surface area contributed by atoms with Crippen LogP contribution in [0.5, 0.6) is 0 Å². The topological polar surface area (TPSA) is 28.2 Å². The van der Waals surface area contributed by atoms with Crippen LogP contribution in [0.1, 0.15) is 36.9 Å². The Kier molecular flexibility index (Phi) is 4.14. The molecule has 1 atom stereocenters. The summed E-state index contributed by atoms with van der Waals surface area (Å²) in [4.78, 5) is 7.07. The lowest BCUT2D eigenvalue weighted by molar-refractivity contribution is 0.156. The lowest BCUT2D eigenvalue weighted by atomic mass is 9.88. The molecule has 1 N–H and O–H groups in total. The molecule has 2 aliphatic rings. The van der Waals surface area contributed by atoms with Gasteiger partial charge in [0.2, 0.25) is 0 Å². The maximum absolute atomic E-state index is 4.51. The van der Waals surface area contributed by atoms with Gasteiger partial charge in [-0.3, -0.25) is 9.88 Å². The van der Waals surface area contributed by atoms with Gasteiger partial charge in [0.15, 0.2) is 0 Å². The first kappa shape index (κ1) is 13.1. The van der Waals surface area contributed by atoms with Crippen molar-refractivity contribution in [2.24, 2.45) is 5.92 Å². The molecule has 2 fully saturated rings. The van der Waals surface area contributed by atoms with Gasteiger partial charge in [0.05, 0.1) is 5.69 Å². The van der Waals surface area contributed by atoms with Gasteiger partial charge in [-0.05, 0) is 69.8 Å². The van der Waals surface area contributed by atoms with Crippen molar-refractivity contribution in [1.29, 1.82) is 0 Å². The molecule has 3 rings (SSSR count). The molecular formula is C16H25N3. The summed E-state index contributed by atoms with van der Waals surface area (Å²) in [6.45, 7) is 6.82. The maximum atomic E-state index is 4.51. The van der Waals surface area contributed by atoms with Gasteiger partial charge in [0.1, 0.15) is 0 Å². The van der Waals surface area contributed by atoms with Crippen molar-refractivity contribution in [3.8, 4) is 0 Å². The minimum atomic E-state index is 0.805. The Balaban J connectivity index is 1.48. The van der Waals surface area contributed by atoms with Gasteiger partial charge in [0, 0.05) is 18.8 Å². The summed E-state index contributed by atoms with van der Waals surface area (Å²) in [5, 5.41) is 3.67. The minimum Gasteiger partial charge on any atom is -0.314 e. The van der Waals surface area contributed by atoms with Gasteiger partial charge >= 0.3 is 0 Å². The Labute approximate surface area is 116 Å². The predicted octanol–water partition coefficient (Wildman–Crippen LogP) is 2.35. The molecular weight excluding hydrogens is 234 g/mol. The maximum Gasteiger partial charge on any atom is 0.0544 e. The van der Waals surface area contributed by atoms with E-state index in [0.29, 0.717) is 0 Å². The first-order valence-corrected chi connectivity index (χ1v) is 7.68. The van der Waals surface area contributed by atoms with Gasteiger partial charge in [-0.1, -0.05) is 6.07 Å². The van der Waals surface area contributed by atoms with Gasteiger partial charge in [0.25, 0.3) is 0 Å². The highest BCUT2D eigenvalue weighted by Gasteiger charge is 2.28. The van der Waals surface area contributed by atoms with Gasteiger partial charge in [-0.15, -0.1) is 0 Å². The van der Waals surface area contributed by atoms with Crippen molar-refractivity contribution in [3.05, 3.63) is 29.6 Å². The number of likely N-dealkylation sites (tertiary alicyclic amines) is 1. The van der Waals surface area contributed by atoms with Crippen LogP contribution in [-0.2, 0) is 6.54 Å². The third-order valence-electron chi connectivity index (χ3n) is 4.66. The summed E-state index contributed by atoms with van der Waals surface area (Å²) in [6.07, 6.45) is 7.44. The molecule has 19 heavy (non-hydrogen) atoms. The quantitative estimate of drug-likeness (QED) is 0.903. The Bertz CT molecular complexity index is 387. The molecule has 0 radical (unpaired) electrons. The number of hydrogen-bond acceptors (Lipinski definition) is 3. The zero-order chi connectivity index (χ0) is 13.1. The highest BCUT2D eigenvalue weighted by molar-refractivity contribution is 5.12. The summed E-state index contributed by atoms with van der Waals surface area (Å²) in [5.74, 6) is 0.907. The number of rotatable bonds is 3. The molecule has 2 aliphatic heterocycles. The Hall–Kier alpha value is -0.930. The minimum absolute atomic E-state index is 0.805. The van der Waals surface area contributed by atoms with E-state index in [1.807, 2.05) is 6.20 Å². The molecule has 0 saturated carbocycles. The summed E-state index contributed by atoms with van der Waals surface area (Å²) in [7, 11) is 0. The van der Waals surface area contributed by atoms with E-state index in [2.05, 4.69) is 34.3 Å². The average Bonchev–Trinajstić information content (AvgIpc) is 2.96. The molecule has 1 unspecified atom stereocenters. The lowest BCUT2D eigenvalue weighted by Crippen LogP contribution is -2.40. The van der Waals surface area contributed by atoms with Crippen LogP contribution in [0.15, 0.2) is 18.3 Å². The van der Waals surface area contributed by atoms with E-state index in [-0.39, 0.29) is 0 Å². The van der Waals surface area contributed by atoms with Gasteiger partial charge in [-0.2, -0.15) is 0 Å². The van der Waals surface area contributed by atoms with Crippen molar-refractivity contribution in [3.63, 3.8) is 0 Å². The van der Waals surface area contributed by atoms with E-state index >= 15 is 0 Å². The van der Waals surface area contributed by atoms with Crippen LogP contribution < -0.4 is 5.32 Å². The molecule has 3 nitrogen and oxygen atoms in total. The summed E-state index contributed by atoms with van der Waals surface area (Å²) in [5.41, 5.74) is 2.46. The highest BCUT2D eigenvalue weighted by Crippen LogP contribution is 2.26. The van der Waals surface area contributed by atoms with E-state index in [1.54, 1.807) is 0 Å². The normalized spacial score (nSPS) is 25.8. The molecule has 3 heterocycles. The fraction of sp³-hybridized carbons (Fsp3) is 0.688. The van der Waals surface area contributed by atoms with Crippen molar-refractivity contribution < 1.29 is 0 Å². The van der Waals surface area contributed by atoms with Crippen molar-refractivity contribution in [2.75, 3.05) is 19.6 Å². The molecule has 0 aliphatic carbocycles. The predicted molar refractivity (Wildman–Crippen MR) is 78.0 cm³/mol. The van der Waals surface area contributed by atoms with Crippen LogP contribution in [0.3, 0.4) is 0 Å². The van der Waals surface area contributed by atoms with Crippen LogP contribution >= 0.6 is 0 Å². The number of nitrogens with zero attached hydrogens (tertiary/aromatic N) is 2. The van der Waals surface area contributed by atoms with Crippen LogP contribution in [0.2, 0.25) is 0 Å². The lowest BCUT2D eigenvalue weighted by Gasteiger charge is -2.34. The number of hydrogen-bond donors (Lipinski definition) is 1. The summed E-state index contributed by atoms with van der Waals surface area (Å²) in [6, 6.07) is 5.14. The van der Waals surface area contributed by atoms with E-state index in [4.69, 9.17) is 0 Å². The molecule has 0 spiro atoms. The SMILES string of the molecule is Cc1ccc(CN2CCC(C3CCCN3)CC2)nc1. The molecule has 1 aromatic rings. The number of aromatic nitrogens is 1. The van der Waals surface area contributed by atoms with Crippen LogP contribution in [0.25, 0.3) is 0 Å². The zero-order valence-corrected chi connectivity index (χ0v) is 11.9. The summed E-state index contributed by atoms with van der Waals surface area (Å²) < 4.78 is 0. The Morgan fingerprint density at radius 1 is 1.26 bits per heavy atom. The fourth-order valence-electron chi connectivity index (χ4n) is 3.45. The first-order chi connectivity index (χ1) is 9.31. The fourth-order valence-corrected chi connectivity index (χ4v) is 3.45.